The fraction of sp³-hybridized carbons (Fsp3) is 0.310. The lowest BCUT2D eigenvalue weighted by Gasteiger charge is -2.22. The van der Waals surface area contributed by atoms with Crippen LogP contribution in [-0.4, -0.2) is 41.2 Å². The van der Waals surface area contributed by atoms with Crippen LogP contribution < -0.4 is 15.4 Å². The normalized spacial score (nSPS) is 12.0. The van der Waals surface area contributed by atoms with Gasteiger partial charge < -0.3 is 14.8 Å². The molecule has 1 heterocycles. The molecular formula is C29H27F6N3O5. The number of Topliss-reactive ketones (excluding diaryl/α,β-unsaturated/α-hetero) is 1. The summed E-state index contributed by atoms with van der Waals surface area (Å²) in [5.41, 5.74) is -1.53. The number of hydrogen-bond acceptors (Lipinski definition) is 6. The predicted octanol–water partition coefficient (Wildman–Crippen LogP) is 7.58. The summed E-state index contributed by atoms with van der Waals surface area (Å²) in [6.07, 6.45) is -8.97. The molecule has 3 rings (SSSR count). The molecule has 0 fully saturated rings. The standard InChI is InChI=1S/C29H27F6N3O5/c1-16-8-9-36-14-19(16)17-6-5-7-18(10-17)23(39)13-25(40)37-21-11-20(29(33,34)35)24(42-15-28(30,31)32)12-22(21)38-26(41)43-27(2,3)4/h5-12,14H,13,15H2,1-4H3,(H,37,40)(H,38,41). The van der Waals surface area contributed by atoms with Crippen LogP contribution in [-0.2, 0) is 15.7 Å². The van der Waals surface area contributed by atoms with Crippen molar-refractivity contribution in [3.8, 4) is 16.9 Å². The Morgan fingerprint density at radius 3 is 2.19 bits per heavy atom. The predicted molar refractivity (Wildman–Crippen MR) is 145 cm³/mol. The maximum absolute atomic E-state index is 13.8. The molecule has 0 bridgehead atoms. The van der Waals surface area contributed by atoms with E-state index >= 15 is 0 Å². The van der Waals surface area contributed by atoms with Crippen molar-refractivity contribution in [2.45, 2.75) is 52.1 Å². The Bertz CT molecular complexity index is 1510. The van der Waals surface area contributed by atoms with Gasteiger partial charge in [0.25, 0.3) is 0 Å². The third kappa shape index (κ3) is 9.72. The molecule has 0 spiro atoms. The number of aryl methyl sites for hydroxylation is 1. The number of carbonyl (C=O) groups is 3. The third-order valence-electron chi connectivity index (χ3n) is 5.58. The van der Waals surface area contributed by atoms with Gasteiger partial charge in [-0.3, -0.25) is 19.9 Å². The zero-order chi connectivity index (χ0) is 32.2. The van der Waals surface area contributed by atoms with Crippen LogP contribution in [0.25, 0.3) is 11.1 Å². The molecule has 43 heavy (non-hydrogen) atoms. The molecule has 230 valence electrons. The highest BCUT2D eigenvalue weighted by atomic mass is 19.4. The Hall–Kier alpha value is -4.62. The van der Waals surface area contributed by atoms with Gasteiger partial charge in [-0.05, 0) is 57.0 Å². The minimum atomic E-state index is -5.22. The number of nitrogens with one attached hydrogen (secondary N) is 2. The van der Waals surface area contributed by atoms with E-state index in [1.807, 2.05) is 6.92 Å². The van der Waals surface area contributed by atoms with Crippen molar-refractivity contribution >= 4 is 29.2 Å². The summed E-state index contributed by atoms with van der Waals surface area (Å²) in [5.74, 6) is -2.99. The molecule has 0 aliphatic heterocycles. The molecule has 1 aromatic heterocycles. The van der Waals surface area contributed by atoms with Gasteiger partial charge in [0, 0.05) is 29.6 Å². The van der Waals surface area contributed by atoms with E-state index in [1.54, 1.807) is 30.6 Å². The Morgan fingerprint density at radius 2 is 1.58 bits per heavy atom. The smallest absolute Gasteiger partial charge is 0.422 e. The van der Waals surface area contributed by atoms with Gasteiger partial charge in [-0.15, -0.1) is 0 Å². The van der Waals surface area contributed by atoms with Crippen LogP contribution >= 0.6 is 0 Å². The Kier molecular flexibility index (Phi) is 9.72. The first-order valence-electron chi connectivity index (χ1n) is 12.6. The molecule has 0 atom stereocenters. The molecule has 8 nitrogen and oxygen atoms in total. The van der Waals surface area contributed by atoms with Gasteiger partial charge in [0.2, 0.25) is 5.91 Å². The summed E-state index contributed by atoms with van der Waals surface area (Å²) >= 11 is 0. The second-order valence-corrected chi connectivity index (χ2v) is 10.3. The molecule has 0 unspecified atom stereocenters. The second-order valence-electron chi connectivity index (χ2n) is 10.3. The molecule has 2 amide bonds. The number of ether oxygens (including phenoxy) is 2. The van der Waals surface area contributed by atoms with E-state index < -0.39 is 71.5 Å². The number of ketones is 1. The number of alkyl halides is 6. The number of anilines is 2. The summed E-state index contributed by atoms with van der Waals surface area (Å²) in [7, 11) is 0. The maximum atomic E-state index is 13.8. The van der Waals surface area contributed by atoms with Gasteiger partial charge in [0.1, 0.15) is 11.4 Å². The molecule has 2 aromatic carbocycles. The molecular weight excluding hydrogens is 584 g/mol. The number of nitrogens with zero attached hydrogens (tertiary/aromatic N) is 1. The quantitative estimate of drug-likeness (QED) is 0.155. The number of benzene rings is 2. The minimum Gasteiger partial charge on any atom is -0.483 e. The topological polar surface area (TPSA) is 107 Å². The van der Waals surface area contributed by atoms with Crippen LogP contribution in [0.1, 0.15) is 48.7 Å². The number of aromatic nitrogens is 1. The first-order chi connectivity index (χ1) is 19.8. The van der Waals surface area contributed by atoms with Crippen LogP contribution in [0.15, 0.2) is 54.9 Å². The highest BCUT2D eigenvalue weighted by Gasteiger charge is 2.38. The fourth-order valence-electron chi connectivity index (χ4n) is 3.77. The van der Waals surface area contributed by atoms with E-state index in [9.17, 15) is 40.7 Å². The molecule has 0 saturated carbocycles. The zero-order valence-corrected chi connectivity index (χ0v) is 23.4. The Balaban J connectivity index is 1.92. The maximum Gasteiger partial charge on any atom is 0.422 e. The van der Waals surface area contributed by atoms with Gasteiger partial charge in [0.15, 0.2) is 12.4 Å². The lowest BCUT2D eigenvalue weighted by Crippen LogP contribution is -2.28. The zero-order valence-electron chi connectivity index (χ0n) is 23.4. The first kappa shape index (κ1) is 32.9. The van der Waals surface area contributed by atoms with E-state index in [4.69, 9.17) is 4.74 Å². The highest BCUT2D eigenvalue weighted by molar-refractivity contribution is 6.12. The van der Waals surface area contributed by atoms with Gasteiger partial charge in [-0.25, -0.2) is 4.79 Å². The van der Waals surface area contributed by atoms with Gasteiger partial charge in [0.05, 0.1) is 23.4 Å². The van der Waals surface area contributed by atoms with Gasteiger partial charge in [-0.2, -0.15) is 26.3 Å². The van der Waals surface area contributed by atoms with Gasteiger partial charge in [-0.1, -0.05) is 18.2 Å². The first-order valence-corrected chi connectivity index (χ1v) is 12.6. The second kappa shape index (κ2) is 12.7. The lowest BCUT2D eigenvalue weighted by molar-refractivity contribution is -0.158. The molecule has 3 aromatic rings. The Labute approximate surface area is 242 Å². The summed E-state index contributed by atoms with van der Waals surface area (Å²) in [6, 6.07) is 8.86. The van der Waals surface area contributed by atoms with Crippen LogP contribution in [0.2, 0.25) is 0 Å². The fourth-order valence-corrected chi connectivity index (χ4v) is 3.77. The average molecular weight is 612 g/mol. The number of pyridine rings is 1. The van der Waals surface area contributed by atoms with Gasteiger partial charge >= 0.3 is 18.4 Å². The minimum absolute atomic E-state index is 0.134. The largest absolute Gasteiger partial charge is 0.483 e. The van der Waals surface area contributed by atoms with Crippen molar-refractivity contribution in [2.75, 3.05) is 17.2 Å². The van der Waals surface area contributed by atoms with Crippen LogP contribution in [0.5, 0.6) is 5.75 Å². The van der Waals surface area contributed by atoms with Crippen molar-refractivity contribution < 1.29 is 50.2 Å². The van der Waals surface area contributed by atoms with E-state index in [-0.39, 0.29) is 5.56 Å². The molecule has 2 N–H and O–H groups in total. The average Bonchev–Trinajstić information content (AvgIpc) is 2.86. The molecule has 14 heteroatoms. The van der Waals surface area contributed by atoms with E-state index in [0.717, 1.165) is 11.1 Å². The number of hydrogen-bond donors (Lipinski definition) is 2. The summed E-state index contributed by atoms with van der Waals surface area (Å²) < 4.78 is 89.0. The van der Waals surface area contributed by atoms with E-state index in [1.165, 1.54) is 32.9 Å². The lowest BCUT2D eigenvalue weighted by atomic mass is 9.98. The highest BCUT2D eigenvalue weighted by Crippen LogP contribution is 2.42. The molecule has 0 aliphatic carbocycles. The summed E-state index contributed by atoms with van der Waals surface area (Å²) in [4.78, 5) is 42.2. The van der Waals surface area contributed by atoms with Crippen LogP contribution in [0, 0.1) is 6.92 Å². The third-order valence-corrected chi connectivity index (χ3v) is 5.58. The van der Waals surface area contributed by atoms with E-state index in [2.05, 4.69) is 20.4 Å². The number of halogens is 6. The molecule has 0 aliphatic rings. The van der Waals surface area contributed by atoms with Crippen molar-refractivity contribution in [2.24, 2.45) is 0 Å². The Morgan fingerprint density at radius 1 is 0.907 bits per heavy atom. The van der Waals surface area contributed by atoms with Crippen LogP contribution in [0.4, 0.5) is 42.5 Å². The van der Waals surface area contributed by atoms with Crippen molar-refractivity contribution in [1.29, 1.82) is 0 Å². The number of carbonyl (C=O) groups excluding carboxylic acids is 3. The summed E-state index contributed by atoms with van der Waals surface area (Å²) in [5, 5.41) is 4.24. The van der Waals surface area contributed by atoms with E-state index in [0.29, 0.717) is 17.7 Å². The molecule has 0 saturated heterocycles. The number of rotatable bonds is 8. The monoisotopic (exact) mass is 611 g/mol. The molecule has 0 radical (unpaired) electrons. The van der Waals surface area contributed by atoms with Crippen LogP contribution in [0.3, 0.4) is 0 Å². The SMILES string of the molecule is Cc1ccncc1-c1cccc(C(=O)CC(=O)Nc2cc(C(F)(F)F)c(OCC(F)(F)F)cc2NC(=O)OC(C)(C)C)c1. The van der Waals surface area contributed by atoms with Crippen molar-refractivity contribution in [3.05, 3.63) is 71.5 Å². The van der Waals surface area contributed by atoms with Crippen molar-refractivity contribution in [3.63, 3.8) is 0 Å². The summed E-state index contributed by atoms with van der Waals surface area (Å²) in [6.45, 7) is 4.28. The number of amides is 2. The van der Waals surface area contributed by atoms with Crippen molar-refractivity contribution in [1.82, 2.24) is 4.98 Å².